The van der Waals surface area contributed by atoms with Gasteiger partial charge in [-0.2, -0.15) is 8.78 Å². The lowest BCUT2D eigenvalue weighted by molar-refractivity contribution is -0.123. The predicted octanol–water partition coefficient (Wildman–Crippen LogP) is 3.73. The molecule has 100 valence electrons. The molecule has 1 amide bonds. The molecule has 0 aliphatic rings. The van der Waals surface area contributed by atoms with E-state index in [1.54, 1.807) is 5.32 Å². The molecule has 8 heteroatoms. The standard InChI is InChI=1S/C10H7BrClF4NO/c11-7-2-1-5(12)3-6(7)8(18)17-4-10(15,16)9(13)14/h1-3,9H,4H2,(H,17,18). The van der Waals surface area contributed by atoms with E-state index < -0.39 is 24.8 Å². The summed E-state index contributed by atoms with van der Waals surface area (Å²) in [5.41, 5.74) is -0.00688. The van der Waals surface area contributed by atoms with Gasteiger partial charge < -0.3 is 5.32 Å². The van der Waals surface area contributed by atoms with E-state index in [-0.39, 0.29) is 10.6 Å². The van der Waals surface area contributed by atoms with Crippen LogP contribution in [-0.4, -0.2) is 24.8 Å². The van der Waals surface area contributed by atoms with Crippen molar-refractivity contribution in [2.75, 3.05) is 6.54 Å². The average molecular weight is 349 g/mol. The van der Waals surface area contributed by atoms with Gasteiger partial charge in [0.1, 0.15) is 0 Å². The molecule has 0 aliphatic carbocycles. The second-order valence-corrected chi connectivity index (χ2v) is 4.66. The Kier molecular flexibility index (Phi) is 4.98. The Labute approximate surface area is 113 Å². The third kappa shape index (κ3) is 3.84. The summed E-state index contributed by atoms with van der Waals surface area (Å²) < 4.78 is 49.3. The quantitative estimate of drug-likeness (QED) is 0.825. The third-order valence-corrected chi connectivity index (χ3v) is 2.90. The molecule has 1 rings (SSSR count). The van der Waals surface area contributed by atoms with Crippen LogP contribution < -0.4 is 5.32 Å². The van der Waals surface area contributed by atoms with Gasteiger partial charge in [0.25, 0.3) is 5.91 Å². The van der Waals surface area contributed by atoms with E-state index in [9.17, 15) is 22.4 Å². The summed E-state index contributed by atoms with van der Waals surface area (Å²) >= 11 is 8.66. The monoisotopic (exact) mass is 347 g/mol. The third-order valence-electron chi connectivity index (χ3n) is 1.98. The summed E-state index contributed by atoms with van der Waals surface area (Å²) in [6.07, 6.45) is -3.83. The van der Waals surface area contributed by atoms with Crippen molar-refractivity contribution in [1.82, 2.24) is 5.32 Å². The fourth-order valence-corrected chi connectivity index (χ4v) is 1.64. The molecule has 1 aromatic carbocycles. The normalized spacial score (nSPS) is 11.7. The minimum absolute atomic E-state index is 0.00688. The molecule has 0 bridgehead atoms. The number of alkyl halides is 4. The largest absolute Gasteiger partial charge is 0.346 e. The van der Waals surface area contributed by atoms with Crippen LogP contribution in [0.1, 0.15) is 10.4 Å². The van der Waals surface area contributed by atoms with Crippen molar-refractivity contribution in [3.63, 3.8) is 0 Å². The van der Waals surface area contributed by atoms with Crippen LogP contribution in [0, 0.1) is 0 Å². The highest BCUT2D eigenvalue weighted by atomic mass is 79.9. The fourth-order valence-electron chi connectivity index (χ4n) is 1.04. The minimum Gasteiger partial charge on any atom is -0.346 e. The number of rotatable bonds is 4. The van der Waals surface area contributed by atoms with Gasteiger partial charge in [-0.05, 0) is 34.1 Å². The SMILES string of the molecule is O=C(NCC(F)(F)C(F)F)c1cc(Cl)ccc1Br. The first kappa shape index (κ1) is 15.2. The summed E-state index contributed by atoms with van der Waals surface area (Å²) in [5.74, 6) is -5.18. The van der Waals surface area contributed by atoms with Crippen LogP contribution in [0.15, 0.2) is 22.7 Å². The number of carbonyl (C=O) groups excluding carboxylic acids is 1. The zero-order valence-electron chi connectivity index (χ0n) is 8.69. The maximum Gasteiger partial charge on any atom is 0.324 e. The average Bonchev–Trinajstić information content (AvgIpc) is 2.29. The molecule has 0 spiro atoms. The first-order valence-corrected chi connectivity index (χ1v) is 5.80. The molecule has 0 radical (unpaired) electrons. The number of carbonyl (C=O) groups is 1. The van der Waals surface area contributed by atoms with Gasteiger partial charge in [-0.25, -0.2) is 8.78 Å². The van der Waals surface area contributed by atoms with Crippen molar-refractivity contribution in [2.24, 2.45) is 0 Å². The van der Waals surface area contributed by atoms with Crippen LogP contribution in [0.2, 0.25) is 5.02 Å². The van der Waals surface area contributed by atoms with Crippen LogP contribution >= 0.6 is 27.5 Å². The molecular weight excluding hydrogens is 341 g/mol. The van der Waals surface area contributed by atoms with E-state index in [1.807, 2.05) is 0 Å². The first-order chi connectivity index (χ1) is 8.24. The van der Waals surface area contributed by atoms with E-state index in [0.29, 0.717) is 4.47 Å². The highest BCUT2D eigenvalue weighted by molar-refractivity contribution is 9.10. The van der Waals surface area contributed by atoms with E-state index in [1.165, 1.54) is 18.2 Å². The molecule has 0 heterocycles. The summed E-state index contributed by atoms with van der Waals surface area (Å²) in [6, 6.07) is 4.17. The number of halogens is 6. The van der Waals surface area contributed by atoms with E-state index in [4.69, 9.17) is 11.6 Å². The van der Waals surface area contributed by atoms with Gasteiger partial charge in [0.05, 0.1) is 12.1 Å². The Balaban J connectivity index is 2.75. The number of benzene rings is 1. The Morgan fingerprint density at radius 3 is 2.61 bits per heavy atom. The molecule has 0 unspecified atom stereocenters. The number of hydrogen-bond donors (Lipinski definition) is 1. The summed E-state index contributed by atoms with van der Waals surface area (Å²) in [4.78, 5) is 11.5. The van der Waals surface area contributed by atoms with Crippen molar-refractivity contribution in [1.29, 1.82) is 0 Å². The van der Waals surface area contributed by atoms with Gasteiger partial charge in [-0.1, -0.05) is 11.6 Å². The van der Waals surface area contributed by atoms with Gasteiger partial charge in [0, 0.05) is 9.50 Å². The zero-order valence-corrected chi connectivity index (χ0v) is 11.0. The van der Waals surface area contributed by atoms with E-state index in [2.05, 4.69) is 15.9 Å². The molecule has 0 aliphatic heterocycles. The zero-order chi connectivity index (χ0) is 13.9. The molecular formula is C10H7BrClF4NO. The van der Waals surface area contributed by atoms with Crippen molar-refractivity contribution in [3.05, 3.63) is 33.3 Å². The lowest BCUT2D eigenvalue weighted by Gasteiger charge is -2.16. The second-order valence-electron chi connectivity index (χ2n) is 3.37. The van der Waals surface area contributed by atoms with Crippen LogP contribution in [0.3, 0.4) is 0 Å². The molecule has 2 nitrogen and oxygen atoms in total. The number of nitrogens with one attached hydrogen (secondary N) is 1. The topological polar surface area (TPSA) is 29.1 Å². The van der Waals surface area contributed by atoms with Crippen LogP contribution in [0.25, 0.3) is 0 Å². The minimum atomic E-state index is -4.26. The highest BCUT2D eigenvalue weighted by Crippen LogP contribution is 2.23. The van der Waals surface area contributed by atoms with E-state index >= 15 is 0 Å². The van der Waals surface area contributed by atoms with Crippen LogP contribution in [-0.2, 0) is 0 Å². The lowest BCUT2D eigenvalue weighted by Crippen LogP contribution is -2.41. The first-order valence-electron chi connectivity index (χ1n) is 4.63. The number of hydrogen-bond acceptors (Lipinski definition) is 1. The van der Waals surface area contributed by atoms with Gasteiger partial charge in [0.2, 0.25) is 0 Å². The predicted molar refractivity (Wildman–Crippen MR) is 62.4 cm³/mol. The van der Waals surface area contributed by atoms with Crippen molar-refractivity contribution < 1.29 is 22.4 Å². The van der Waals surface area contributed by atoms with Crippen LogP contribution in [0.5, 0.6) is 0 Å². The second kappa shape index (κ2) is 5.88. The van der Waals surface area contributed by atoms with E-state index in [0.717, 1.165) is 0 Å². The summed E-state index contributed by atoms with van der Waals surface area (Å²) in [6.45, 7) is -1.44. The molecule has 0 fully saturated rings. The molecule has 0 atom stereocenters. The number of amides is 1. The lowest BCUT2D eigenvalue weighted by atomic mass is 10.2. The van der Waals surface area contributed by atoms with Crippen molar-refractivity contribution in [2.45, 2.75) is 12.3 Å². The smallest absolute Gasteiger partial charge is 0.324 e. The van der Waals surface area contributed by atoms with Gasteiger partial charge in [-0.3, -0.25) is 4.79 Å². The molecule has 0 aromatic heterocycles. The molecule has 18 heavy (non-hydrogen) atoms. The highest BCUT2D eigenvalue weighted by Gasteiger charge is 2.40. The van der Waals surface area contributed by atoms with Crippen LogP contribution in [0.4, 0.5) is 17.6 Å². The van der Waals surface area contributed by atoms with Crippen molar-refractivity contribution in [3.8, 4) is 0 Å². The van der Waals surface area contributed by atoms with Crippen molar-refractivity contribution >= 4 is 33.4 Å². The molecule has 0 saturated heterocycles. The Bertz CT molecular complexity index is 456. The molecule has 1 N–H and O–H groups in total. The Morgan fingerprint density at radius 1 is 1.44 bits per heavy atom. The fraction of sp³-hybridized carbons (Fsp3) is 0.300. The Morgan fingerprint density at radius 2 is 2.06 bits per heavy atom. The maximum absolute atomic E-state index is 12.6. The summed E-state index contributed by atoms with van der Waals surface area (Å²) in [5, 5.41) is 1.96. The van der Waals surface area contributed by atoms with Gasteiger partial charge in [0.15, 0.2) is 0 Å². The maximum atomic E-state index is 12.6. The molecule has 1 aromatic rings. The van der Waals surface area contributed by atoms with Gasteiger partial charge >= 0.3 is 12.3 Å². The van der Waals surface area contributed by atoms with Gasteiger partial charge in [-0.15, -0.1) is 0 Å². The Hall–Kier alpha value is -0.820. The summed E-state index contributed by atoms with van der Waals surface area (Å²) in [7, 11) is 0. The molecule has 0 saturated carbocycles.